The molecule has 2 unspecified atom stereocenters. The molecule has 1 fully saturated rings. The quantitative estimate of drug-likeness (QED) is 0.719. The number of nitrogens with one attached hydrogen (secondary N) is 1. The summed E-state index contributed by atoms with van der Waals surface area (Å²) >= 11 is 0. The fourth-order valence-electron chi connectivity index (χ4n) is 2.25. The molecule has 1 saturated heterocycles. The molecule has 5 nitrogen and oxygen atoms in total. The summed E-state index contributed by atoms with van der Waals surface area (Å²) in [5.74, 6) is 0.132. The van der Waals surface area contributed by atoms with E-state index in [1.54, 1.807) is 0 Å². The first-order valence-corrected chi connectivity index (χ1v) is 5.69. The van der Waals surface area contributed by atoms with E-state index >= 15 is 0 Å². The Kier molecular flexibility index (Phi) is 4.73. The number of aliphatic carboxylic acids is 1. The topological polar surface area (TPSA) is 69.6 Å². The number of carboxylic acids is 1. The Hall–Kier alpha value is -1.10. The second-order valence-corrected chi connectivity index (χ2v) is 4.74. The molecule has 1 aliphatic rings. The number of amides is 1. The maximum atomic E-state index is 11.7. The number of carbonyl (C=O) groups excluding carboxylic acids is 1. The molecule has 1 rings (SSSR count). The summed E-state index contributed by atoms with van der Waals surface area (Å²) in [5.41, 5.74) is 0. The van der Waals surface area contributed by atoms with Crippen molar-refractivity contribution < 1.29 is 14.7 Å². The van der Waals surface area contributed by atoms with Crippen molar-refractivity contribution >= 4 is 11.9 Å². The van der Waals surface area contributed by atoms with E-state index in [0.717, 1.165) is 19.5 Å². The van der Waals surface area contributed by atoms with Gasteiger partial charge in [-0.25, -0.2) is 0 Å². The zero-order valence-corrected chi connectivity index (χ0v) is 9.90. The molecule has 2 N–H and O–H groups in total. The lowest BCUT2D eigenvalue weighted by Gasteiger charge is -2.35. The molecule has 0 radical (unpaired) electrons. The van der Waals surface area contributed by atoms with Crippen LogP contribution in [0.25, 0.3) is 0 Å². The van der Waals surface area contributed by atoms with Crippen LogP contribution >= 0.6 is 0 Å². The lowest BCUT2D eigenvalue weighted by atomic mass is 9.92. The van der Waals surface area contributed by atoms with Crippen LogP contribution in [-0.4, -0.2) is 48.1 Å². The summed E-state index contributed by atoms with van der Waals surface area (Å²) in [6, 6.07) is 0. The number of hydrogen-bond donors (Lipinski definition) is 2. The molecule has 0 aromatic carbocycles. The van der Waals surface area contributed by atoms with E-state index in [-0.39, 0.29) is 19.0 Å². The first-order valence-electron chi connectivity index (χ1n) is 5.69. The van der Waals surface area contributed by atoms with Gasteiger partial charge in [-0.1, -0.05) is 13.8 Å². The van der Waals surface area contributed by atoms with Crippen LogP contribution in [-0.2, 0) is 9.59 Å². The zero-order valence-electron chi connectivity index (χ0n) is 9.90. The normalized spacial score (nSPS) is 25.5. The highest BCUT2D eigenvalue weighted by molar-refractivity contribution is 5.79. The van der Waals surface area contributed by atoms with E-state index in [0.29, 0.717) is 11.8 Å². The van der Waals surface area contributed by atoms with Crippen LogP contribution in [0.3, 0.4) is 0 Å². The third-order valence-electron chi connectivity index (χ3n) is 2.77. The number of nitrogens with zero attached hydrogens (tertiary/aromatic N) is 1. The van der Waals surface area contributed by atoms with Gasteiger partial charge in [0.1, 0.15) is 0 Å². The van der Waals surface area contributed by atoms with E-state index in [4.69, 9.17) is 5.11 Å². The lowest BCUT2D eigenvalue weighted by molar-refractivity contribution is -0.136. The van der Waals surface area contributed by atoms with Crippen LogP contribution in [0.2, 0.25) is 0 Å². The lowest BCUT2D eigenvalue weighted by Crippen LogP contribution is -2.46. The van der Waals surface area contributed by atoms with Crippen LogP contribution in [0, 0.1) is 11.8 Å². The fourth-order valence-corrected chi connectivity index (χ4v) is 2.25. The largest absolute Gasteiger partial charge is 0.480 e. The predicted molar refractivity (Wildman–Crippen MR) is 60.0 cm³/mol. The van der Waals surface area contributed by atoms with Gasteiger partial charge in [-0.2, -0.15) is 0 Å². The summed E-state index contributed by atoms with van der Waals surface area (Å²) in [5, 5.41) is 11.1. The molecule has 92 valence electrons. The molecule has 0 saturated carbocycles. The van der Waals surface area contributed by atoms with E-state index in [2.05, 4.69) is 19.2 Å². The second-order valence-electron chi connectivity index (χ2n) is 4.74. The van der Waals surface area contributed by atoms with Crippen molar-refractivity contribution in [2.45, 2.75) is 20.3 Å². The van der Waals surface area contributed by atoms with Gasteiger partial charge in [0, 0.05) is 13.1 Å². The number of piperidine rings is 1. The van der Waals surface area contributed by atoms with Crippen LogP contribution in [0.4, 0.5) is 0 Å². The van der Waals surface area contributed by atoms with Gasteiger partial charge < -0.3 is 10.0 Å². The third kappa shape index (κ3) is 4.18. The highest BCUT2D eigenvalue weighted by Crippen LogP contribution is 2.20. The highest BCUT2D eigenvalue weighted by atomic mass is 16.4. The molecule has 1 amide bonds. The molecule has 0 aromatic heterocycles. The summed E-state index contributed by atoms with van der Waals surface area (Å²) in [7, 11) is 0. The average Bonchev–Trinajstić information content (AvgIpc) is 2.15. The van der Waals surface area contributed by atoms with Crippen LogP contribution in [0.15, 0.2) is 0 Å². The fraction of sp³-hybridized carbons (Fsp3) is 0.818. The predicted octanol–water partition coefficient (Wildman–Crippen LogP) is 0.165. The molecule has 2 atom stereocenters. The number of likely N-dealkylation sites (tertiary alicyclic amines) is 1. The Morgan fingerprint density at radius 2 is 1.81 bits per heavy atom. The Balaban J connectivity index is 2.32. The number of hydrogen-bond acceptors (Lipinski definition) is 3. The van der Waals surface area contributed by atoms with Gasteiger partial charge >= 0.3 is 5.97 Å². The smallest absolute Gasteiger partial charge is 0.317 e. The summed E-state index contributed by atoms with van der Waals surface area (Å²) in [6.07, 6.45) is 1.16. The molecule has 0 bridgehead atoms. The molecular weight excluding hydrogens is 208 g/mol. The standard InChI is InChI=1S/C11H20N2O3/c1-8-3-9(2)7-13(6-8)10(14)4-12-5-11(15)16/h8-9,12H,3-7H2,1-2H3,(H,15,16). The van der Waals surface area contributed by atoms with Gasteiger partial charge in [-0.05, 0) is 18.3 Å². The Labute approximate surface area is 95.8 Å². The van der Waals surface area contributed by atoms with Gasteiger partial charge in [0.15, 0.2) is 0 Å². The van der Waals surface area contributed by atoms with Gasteiger partial charge in [0.05, 0.1) is 13.1 Å². The molecule has 16 heavy (non-hydrogen) atoms. The van der Waals surface area contributed by atoms with E-state index in [1.165, 1.54) is 0 Å². The highest BCUT2D eigenvalue weighted by Gasteiger charge is 2.24. The summed E-state index contributed by atoms with van der Waals surface area (Å²) in [6.45, 7) is 5.81. The molecule has 1 heterocycles. The molecular formula is C11H20N2O3. The third-order valence-corrected chi connectivity index (χ3v) is 2.77. The van der Waals surface area contributed by atoms with Crippen molar-refractivity contribution in [3.8, 4) is 0 Å². The van der Waals surface area contributed by atoms with E-state index in [9.17, 15) is 9.59 Å². The molecule has 0 aliphatic carbocycles. The zero-order chi connectivity index (χ0) is 12.1. The average molecular weight is 228 g/mol. The van der Waals surface area contributed by atoms with E-state index in [1.807, 2.05) is 4.90 Å². The van der Waals surface area contributed by atoms with Crippen LogP contribution < -0.4 is 5.32 Å². The Morgan fingerprint density at radius 1 is 1.25 bits per heavy atom. The van der Waals surface area contributed by atoms with E-state index < -0.39 is 5.97 Å². The first kappa shape index (κ1) is 13.0. The van der Waals surface area contributed by atoms with Crippen molar-refractivity contribution in [3.63, 3.8) is 0 Å². The summed E-state index contributed by atoms with van der Waals surface area (Å²) in [4.78, 5) is 23.8. The van der Waals surface area contributed by atoms with Crippen molar-refractivity contribution in [3.05, 3.63) is 0 Å². The van der Waals surface area contributed by atoms with Crippen LogP contribution in [0.5, 0.6) is 0 Å². The number of carboxylic acid groups (broad SMARTS) is 1. The second kappa shape index (κ2) is 5.84. The maximum absolute atomic E-state index is 11.7. The van der Waals surface area contributed by atoms with Crippen molar-refractivity contribution in [1.29, 1.82) is 0 Å². The SMILES string of the molecule is CC1CC(C)CN(C(=O)CNCC(=O)O)C1. The first-order chi connectivity index (χ1) is 7.49. The minimum absolute atomic E-state index is 0.000324. The van der Waals surface area contributed by atoms with Gasteiger partial charge in [0.25, 0.3) is 0 Å². The Bertz CT molecular complexity index is 258. The minimum atomic E-state index is -0.937. The van der Waals surface area contributed by atoms with Crippen molar-refractivity contribution in [2.24, 2.45) is 11.8 Å². The van der Waals surface area contributed by atoms with Gasteiger partial charge in [-0.15, -0.1) is 0 Å². The monoisotopic (exact) mass is 228 g/mol. The van der Waals surface area contributed by atoms with Gasteiger partial charge in [-0.3, -0.25) is 14.9 Å². The Morgan fingerprint density at radius 3 is 2.31 bits per heavy atom. The maximum Gasteiger partial charge on any atom is 0.317 e. The molecule has 0 spiro atoms. The molecule has 1 aliphatic heterocycles. The van der Waals surface area contributed by atoms with Crippen LogP contribution in [0.1, 0.15) is 20.3 Å². The minimum Gasteiger partial charge on any atom is -0.480 e. The van der Waals surface area contributed by atoms with Crippen molar-refractivity contribution in [2.75, 3.05) is 26.2 Å². The number of rotatable bonds is 4. The van der Waals surface area contributed by atoms with Crippen molar-refractivity contribution in [1.82, 2.24) is 10.2 Å². The number of carbonyl (C=O) groups is 2. The molecule has 0 aromatic rings. The summed E-state index contributed by atoms with van der Waals surface area (Å²) < 4.78 is 0. The van der Waals surface area contributed by atoms with Gasteiger partial charge in [0.2, 0.25) is 5.91 Å². The molecule has 5 heteroatoms.